The molecule has 21 heteroatoms. The predicted molar refractivity (Wildman–Crippen MR) is 93.7 cm³/mol. The third kappa shape index (κ3) is 6.06. The van der Waals surface area contributed by atoms with Crippen molar-refractivity contribution in [1.29, 1.82) is 0 Å². The molecular weight excluding hydrogens is 515 g/mol. The highest BCUT2D eigenvalue weighted by Crippen LogP contribution is 2.66. The van der Waals surface area contributed by atoms with Crippen LogP contribution in [0.4, 0.5) is 8.78 Å². The molecule has 1 aliphatic rings. The largest absolute Gasteiger partial charge is 0.490 e. The van der Waals surface area contributed by atoms with Crippen LogP contribution in [0, 0.1) is 18.2 Å². The van der Waals surface area contributed by atoms with E-state index in [2.05, 4.69) is 13.1 Å². The number of halogens is 2. The Morgan fingerprint density at radius 2 is 1.88 bits per heavy atom. The molecule has 1 aliphatic heterocycles. The monoisotopic (exact) mass is 530 g/mol. The van der Waals surface area contributed by atoms with Gasteiger partial charge < -0.3 is 29.4 Å². The number of rotatable bonds is 8. The fourth-order valence-corrected chi connectivity index (χ4v) is 5.12. The molecule has 180 valence electrons. The molecule has 0 saturated carbocycles. The third-order valence-electron chi connectivity index (χ3n) is 3.45. The van der Waals surface area contributed by atoms with Crippen LogP contribution in [0.1, 0.15) is 8.97 Å². The highest BCUT2D eigenvalue weighted by molar-refractivity contribution is 7.66. The lowest BCUT2D eigenvalue weighted by molar-refractivity contribution is -0.0539. The van der Waals surface area contributed by atoms with Crippen LogP contribution in [0.2, 0.25) is 0 Å². The SMILES string of the molecule is [2H]C([2H])(OP(=O)(O)OP(=O)(O)OP(=O)(O)O)[C@H]1O[C@@H](n2cc(F)c(=O)[nH]c2=O)C(F)(C#C)[C@H]1O. The van der Waals surface area contributed by atoms with Crippen LogP contribution in [-0.2, 0) is 31.6 Å². The molecule has 0 aromatic carbocycles. The summed E-state index contributed by atoms with van der Waals surface area (Å²) in [5.74, 6) is -0.319. The van der Waals surface area contributed by atoms with Gasteiger partial charge in [0.15, 0.2) is 6.23 Å². The van der Waals surface area contributed by atoms with Gasteiger partial charge in [-0.15, -0.1) is 6.42 Å². The number of aromatic amines is 1. The van der Waals surface area contributed by atoms with Crippen molar-refractivity contribution in [2.45, 2.75) is 24.1 Å². The quantitative estimate of drug-likeness (QED) is 0.168. The second kappa shape index (κ2) is 8.99. The van der Waals surface area contributed by atoms with Gasteiger partial charge in [0, 0.05) is 0 Å². The van der Waals surface area contributed by atoms with Gasteiger partial charge in [0.1, 0.15) is 12.2 Å². The smallest absolute Gasteiger partial charge is 0.386 e. The zero-order chi connectivity index (χ0) is 26.5. The summed E-state index contributed by atoms with van der Waals surface area (Å²) in [6, 6.07) is 0. The molecule has 1 fully saturated rings. The van der Waals surface area contributed by atoms with Gasteiger partial charge in [-0.3, -0.25) is 18.9 Å². The molecule has 6 N–H and O–H groups in total. The van der Waals surface area contributed by atoms with E-state index in [0.717, 1.165) is 0 Å². The number of aliphatic hydroxyl groups excluding tert-OH is 1. The number of aromatic nitrogens is 2. The van der Waals surface area contributed by atoms with E-state index in [1.165, 1.54) is 10.9 Å². The van der Waals surface area contributed by atoms with Crippen LogP contribution in [0.3, 0.4) is 0 Å². The van der Waals surface area contributed by atoms with Crippen LogP contribution in [0.15, 0.2) is 15.8 Å². The topological polar surface area (TPSA) is 244 Å². The zero-order valence-corrected chi connectivity index (χ0v) is 17.5. The van der Waals surface area contributed by atoms with Gasteiger partial charge in [0.05, 0.1) is 15.5 Å². The van der Waals surface area contributed by atoms with E-state index < -0.39 is 71.2 Å². The first-order chi connectivity index (χ1) is 15.1. The number of hydrogen-bond donors (Lipinski definition) is 6. The van der Waals surface area contributed by atoms with Gasteiger partial charge in [-0.25, -0.2) is 22.9 Å². The Morgan fingerprint density at radius 3 is 2.41 bits per heavy atom. The summed E-state index contributed by atoms with van der Waals surface area (Å²) in [6.45, 7) is -3.88. The molecule has 2 heterocycles. The molecule has 6 atom stereocenters. The number of hydrogen-bond acceptors (Lipinski definition) is 10. The van der Waals surface area contributed by atoms with E-state index in [9.17, 15) is 37.7 Å². The molecule has 32 heavy (non-hydrogen) atoms. The van der Waals surface area contributed by atoms with Crippen molar-refractivity contribution in [2.24, 2.45) is 0 Å². The van der Waals surface area contributed by atoms with Crippen LogP contribution in [-0.4, -0.2) is 58.7 Å². The van der Waals surface area contributed by atoms with Gasteiger partial charge in [-0.05, 0) is 0 Å². The van der Waals surface area contributed by atoms with E-state index in [-0.39, 0.29) is 10.8 Å². The molecule has 0 amide bonds. The van der Waals surface area contributed by atoms with Crippen molar-refractivity contribution >= 4 is 23.5 Å². The summed E-state index contributed by atoms with van der Waals surface area (Å²) in [4.78, 5) is 60.0. The Hall–Kier alpha value is -1.57. The zero-order valence-electron chi connectivity index (χ0n) is 16.8. The van der Waals surface area contributed by atoms with Crippen LogP contribution < -0.4 is 11.2 Å². The summed E-state index contributed by atoms with van der Waals surface area (Å²) in [5.41, 5.74) is -6.63. The fraction of sp³-hybridized carbons (Fsp3) is 0.455. The number of alkyl halides is 1. The molecule has 1 aromatic heterocycles. The molecule has 2 rings (SSSR count). The fourth-order valence-electron chi connectivity index (χ4n) is 2.25. The van der Waals surface area contributed by atoms with E-state index >= 15 is 4.39 Å². The number of nitrogens with one attached hydrogen (secondary N) is 1. The first-order valence-corrected chi connectivity index (χ1v) is 12.0. The Labute approximate surface area is 177 Å². The molecule has 1 saturated heterocycles. The lowest BCUT2D eigenvalue weighted by atomic mass is 9.97. The number of phosphoric acid groups is 3. The van der Waals surface area contributed by atoms with E-state index in [1.807, 2.05) is 0 Å². The minimum absolute atomic E-state index is 0.0132. The molecule has 16 nitrogen and oxygen atoms in total. The van der Waals surface area contributed by atoms with Gasteiger partial charge in [-0.1, -0.05) is 5.92 Å². The number of terminal acetylenes is 1. The van der Waals surface area contributed by atoms with Gasteiger partial charge in [-0.2, -0.15) is 13.0 Å². The third-order valence-corrected chi connectivity index (χ3v) is 7.11. The predicted octanol–water partition coefficient (Wildman–Crippen LogP) is -1.38. The summed E-state index contributed by atoms with van der Waals surface area (Å²) in [5, 5.41) is 10.2. The van der Waals surface area contributed by atoms with Gasteiger partial charge in [0.25, 0.3) is 5.56 Å². The minimum atomic E-state index is -6.16. The number of H-pyrrole nitrogens is 1. The average Bonchev–Trinajstić information content (AvgIpc) is 2.87. The van der Waals surface area contributed by atoms with Crippen LogP contribution >= 0.6 is 23.5 Å². The Bertz CT molecular complexity index is 1270. The normalized spacial score (nSPS) is 31.1. The summed E-state index contributed by atoms with van der Waals surface area (Å²) >= 11 is 0. The maximum atomic E-state index is 15.3. The lowest BCUT2D eigenvalue weighted by Gasteiger charge is -2.23. The van der Waals surface area contributed by atoms with Crippen molar-refractivity contribution in [3.63, 3.8) is 0 Å². The standard InChI is InChI=1S/C11H13F2N2O14P3/c1-2-11(13)7(16)6(27-9(11)15-3-5(12)8(17)14-10(15)18)4-26-31(22,23)29-32(24,25)28-30(19,20)21/h1,3,6-7,9,16H,4H2,(H,22,23)(H,24,25)(H,14,17,18)(H2,19,20,21)/t6-,7+,9-,11?/m1/s1/i4D2. The molecule has 0 aliphatic carbocycles. The number of aliphatic hydroxyl groups is 1. The first-order valence-electron chi connectivity index (χ1n) is 8.50. The van der Waals surface area contributed by atoms with Crippen LogP contribution in [0.5, 0.6) is 0 Å². The maximum Gasteiger partial charge on any atom is 0.490 e. The van der Waals surface area contributed by atoms with Crippen molar-refractivity contribution in [1.82, 2.24) is 9.55 Å². The second-order valence-corrected chi connectivity index (χ2v) is 10.1. The summed E-state index contributed by atoms with van der Waals surface area (Å²) in [6.07, 6.45) is -3.06. The molecular formula is C11H13F2N2O14P3. The summed E-state index contributed by atoms with van der Waals surface area (Å²) < 4.78 is 93.6. The highest BCUT2D eigenvalue weighted by Gasteiger charge is 2.58. The molecule has 1 aromatic rings. The minimum Gasteiger partial charge on any atom is -0.386 e. The molecule has 3 unspecified atom stereocenters. The van der Waals surface area contributed by atoms with Crippen molar-refractivity contribution in [3.8, 4) is 12.3 Å². The first kappa shape index (κ1) is 23.6. The van der Waals surface area contributed by atoms with Gasteiger partial charge in [0.2, 0.25) is 11.5 Å². The van der Waals surface area contributed by atoms with Gasteiger partial charge >= 0.3 is 29.2 Å². The van der Waals surface area contributed by atoms with E-state index in [0.29, 0.717) is 0 Å². The van der Waals surface area contributed by atoms with Crippen molar-refractivity contribution in [2.75, 3.05) is 6.56 Å². The Balaban J connectivity index is 2.40. The molecule has 0 bridgehead atoms. The number of ether oxygens (including phenoxy) is 1. The van der Waals surface area contributed by atoms with E-state index in [1.54, 1.807) is 0 Å². The van der Waals surface area contributed by atoms with Crippen LogP contribution in [0.25, 0.3) is 0 Å². The number of nitrogens with zero attached hydrogens (tertiary/aromatic N) is 1. The molecule has 0 radical (unpaired) electrons. The number of phosphoric ester groups is 1. The Morgan fingerprint density at radius 1 is 1.28 bits per heavy atom. The average molecular weight is 530 g/mol. The van der Waals surface area contributed by atoms with E-state index in [4.69, 9.17) is 28.6 Å². The highest BCUT2D eigenvalue weighted by atomic mass is 31.3. The maximum absolute atomic E-state index is 15.3. The molecule has 0 spiro atoms. The Kier molecular flexibility index (Phi) is 6.63. The summed E-state index contributed by atoms with van der Waals surface area (Å²) in [7, 11) is -18.0. The second-order valence-electron chi connectivity index (χ2n) is 5.71. The lowest BCUT2D eigenvalue weighted by Crippen LogP contribution is -2.45. The van der Waals surface area contributed by atoms with Crippen molar-refractivity contribution < 1.29 is 67.8 Å². The van der Waals surface area contributed by atoms with Crippen molar-refractivity contribution in [3.05, 3.63) is 32.9 Å².